The fourth-order valence-corrected chi connectivity index (χ4v) is 2.79. The summed E-state index contributed by atoms with van der Waals surface area (Å²) in [7, 11) is 0. The average Bonchev–Trinajstić information content (AvgIpc) is 2.32. The molecule has 1 aliphatic carbocycles. The van der Waals surface area contributed by atoms with E-state index in [2.05, 4.69) is 21.2 Å². The highest BCUT2D eigenvalue weighted by atomic mass is 79.9. The Balaban J connectivity index is 2.05. The molecule has 2 rings (SSSR count). The Morgan fingerprint density at radius 1 is 1.44 bits per heavy atom. The lowest BCUT2D eigenvalue weighted by atomic mass is 9.93. The van der Waals surface area contributed by atoms with Crippen LogP contribution in [0.2, 0.25) is 5.02 Å². The van der Waals surface area contributed by atoms with E-state index < -0.39 is 0 Å². The van der Waals surface area contributed by atoms with Crippen LogP contribution >= 0.6 is 27.5 Å². The third kappa shape index (κ3) is 3.46. The summed E-state index contributed by atoms with van der Waals surface area (Å²) in [5.41, 5.74) is 0.464. The summed E-state index contributed by atoms with van der Waals surface area (Å²) in [5.74, 6) is -0.180. The fraction of sp³-hybridized carbons (Fsp3) is 0.462. The monoisotopic (exact) mass is 331 g/mol. The van der Waals surface area contributed by atoms with Crippen LogP contribution in [0.5, 0.6) is 0 Å². The van der Waals surface area contributed by atoms with Gasteiger partial charge in [0.2, 0.25) is 0 Å². The molecular weight excluding hydrogens is 318 g/mol. The van der Waals surface area contributed by atoms with Crippen molar-refractivity contribution < 1.29 is 9.90 Å². The minimum Gasteiger partial charge on any atom is -0.393 e. The third-order valence-corrected chi connectivity index (χ3v) is 3.98. The normalized spacial score (nSPS) is 23.7. The molecule has 0 heterocycles. The van der Waals surface area contributed by atoms with Gasteiger partial charge in [0, 0.05) is 10.5 Å². The Morgan fingerprint density at radius 2 is 2.22 bits per heavy atom. The number of aliphatic hydroxyl groups excluding tert-OH is 1. The van der Waals surface area contributed by atoms with Crippen LogP contribution in [0.4, 0.5) is 0 Å². The van der Waals surface area contributed by atoms with Gasteiger partial charge in [-0.1, -0.05) is 27.5 Å². The maximum Gasteiger partial charge on any atom is 0.253 e. The van der Waals surface area contributed by atoms with Crippen LogP contribution < -0.4 is 5.32 Å². The molecule has 2 atom stereocenters. The minimum atomic E-state index is -0.304. The zero-order valence-corrected chi connectivity index (χ0v) is 12.2. The standard InChI is InChI=1S/C13H15BrClNO2/c14-8-4-5-12(15)11(6-8)13(18)16-9-2-1-3-10(17)7-9/h4-6,9-10,17H,1-3,7H2,(H,16,18)/t9-,10+/m0/s1. The Labute approximate surface area is 120 Å². The van der Waals surface area contributed by atoms with Crippen LogP contribution in [-0.4, -0.2) is 23.2 Å². The molecule has 0 unspecified atom stereocenters. The van der Waals surface area contributed by atoms with Gasteiger partial charge in [-0.25, -0.2) is 0 Å². The van der Waals surface area contributed by atoms with Gasteiger partial charge in [-0.3, -0.25) is 4.79 Å². The largest absolute Gasteiger partial charge is 0.393 e. The molecule has 2 N–H and O–H groups in total. The molecule has 1 aromatic rings. The number of benzene rings is 1. The number of amides is 1. The van der Waals surface area contributed by atoms with Crippen molar-refractivity contribution in [1.29, 1.82) is 0 Å². The van der Waals surface area contributed by atoms with Gasteiger partial charge in [-0.15, -0.1) is 0 Å². The van der Waals surface area contributed by atoms with Crippen molar-refractivity contribution in [2.45, 2.75) is 37.8 Å². The number of halogens is 2. The van der Waals surface area contributed by atoms with Gasteiger partial charge in [0.05, 0.1) is 16.7 Å². The molecule has 3 nitrogen and oxygen atoms in total. The van der Waals surface area contributed by atoms with E-state index in [0.717, 1.165) is 23.7 Å². The van der Waals surface area contributed by atoms with E-state index >= 15 is 0 Å². The highest BCUT2D eigenvalue weighted by Gasteiger charge is 2.22. The van der Waals surface area contributed by atoms with E-state index in [4.69, 9.17) is 11.6 Å². The van der Waals surface area contributed by atoms with Crippen LogP contribution in [0.25, 0.3) is 0 Å². The SMILES string of the molecule is O=C(N[C@H]1CCC[C@@H](O)C1)c1cc(Br)ccc1Cl. The van der Waals surface area contributed by atoms with Crippen molar-refractivity contribution in [2.75, 3.05) is 0 Å². The van der Waals surface area contributed by atoms with Crippen molar-refractivity contribution in [3.63, 3.8) is 0 Å². The summed E-state index contributed by atoms with van der Waals surface area (Å²) >= 11 is 9.33. The second-order valence-electron chi connectivity index (χ2n) is 4.61. The van der Waals surface area contributed by atoms with Gasteiger partial charge in [0.1, 0.15) is 0 Å². The summed E-state index contributed by atoms with van der Waals surface area (Å²) in [6.45, 7) is 0. The Morgan fingerprint density at radius 3 is 2.94 bits per heavy atom. The lowest BCUT2D eigenvalue weighted by Crippen LogP contribution is -2.39. The van der Waals surface area contributed by atoms with Gasteiger partial charge in [-0.2, -0.15) is 0 Å². The molecule has 1 saturated carbocycles. The number of rotatable bonds is 2. The lowest BCUT2D eigenvalue weighted by Gasteiger charge is -2.26. The maximum atomic E-state index is 12.1. The summed E-state index contributed by atoms with van der Waals surface area (Å²) in [6.07, 6.45) is 3.00. The Hall–Kier alpha value is -0.580. The molecular formula is C13H15BrClNO2. The molecule has 5 heteroatoms. The average molecular weight is 333 g/mol. The number of nitrogens with one attached hydrogen (secondary N) is 1. The second-order valence-corrected chi connectivity index (χ2v) is 5.94. The molecule has 1 aromatic carbocycles. The zero-order chi connectivity index (χ0) is 13.1. The molecule has 1 amide bonds. The number of aliphatic hydroxyl groups is 1. The Bertz CT molecular complexity index is 453. The van der Waals surface area contributed by atoms with Gasteiger partial charge < -0.3 is 10.4 Å². The van der Waals surface area contributed by atoms with Gasteiger partial charge >= 0.3 is 0 Å². The molecule has 0 spiro atoms. The fourth-order valence-electron chi connectivity index (χ4n) is 2.23. The van der Waals surface area contributed by atoms with Crippen molar-refractivity contribution in [3.8, 4) is 0 Å². The van der Waals surface area contributed by atoms with Crippen LogP contribution in [0.15, 0.2) is 22.7 Å². The lowest BCUT2D eigenvalue weighted by molar-refractivity contribution is 0.0850. The first-order valence-electron chi connectivity index (χ1n) is 6.00. The quantitative estimate of drug-likeness (QED) is 0.874. The number of hydrogen-bond donors (Lipinski definition) is 2. The minimum absolute atomic E-state index is 0.0382. The molecule has 98 valence electrons. The topological polar surface area (TPSA) is 49.3 Å². The summed E-state index contributed by atoms with van der Waals surface area (Å²) < 4.78 is 0.820. The van der Waals surface area contributed by atoms with Gasteiger partial charge in [0.25, 0.3) is 5.91 Å². The molecule has 0 saturated heterocycles. The van der Waals surface area contributed by atoms with Crippen LogP contribution in [0.3, 0.4) is 0 Å². The summed E-state index contributed by atoms with van der Waals surface area (Å²) in [5, 5.41) is 12.9. The number of hydrogen-bond acceptors (Lipinski definition) is 2. The molecule has 0 aromatic heterocycles. The molecule has 1 fully saturated rings. The first-order valence-corrected chi connectivity index (χ1v) is 7.17. The van der Waals surface area contributed by atoms with Gasteiger partial charge in [-0.05, 0) is 43.9 Å². The molecule has 18 heavy (non-hydrogen) atoms. The highest BCUT2D eigenvalue weighted by molar-refractivity contribution is 9.10. The van der Waals surface area contributed by atoms with E-state index in [9.17, 15) is 9.90 Å². The van der Waals surface area contributed by atoms with E-state index in [1.54, 1.807) is 18.2 Å². The summed E-state index contributed by atoms with van der Waals surface area (Å²) in [6, 6.07) is 5.23. The summed E-state index contributed by atoms with van der Waals surface area (Å²) in [4.78, 5) is 12.1. The Kier molecular flexibility index (Phi) is 4.65. The van der Waals surface area contributed by atoms with Crippen molar-refractivity contribution in [1.82, 2.24) is 5.32 Å². The molecule has 1 aliphatic rings. The van der Waals surface area contributed by atoms with Crippen molar-refractivity contribution in [2.24, 2.45) is 0 Å². The smallest absolute Gasteiger partial charge is 0.253 e. The first-order chi connectivity index (χ1) is 8.56. The third-order valence-electron chi connectivity index (χ3n) is 3.15. The number of carbonyl (C=O) groups is 1. The van der Waals surface area contributed by atoms with E-state index in [1.807, 2.05) is 0 Å². The van der Waals surface area contributed by atoms with E-state index in [0.29, 0.717) is 17.0 Å². The first kappa shape index (κ1) is 13.8. The number of carbonyl (C=O) groups excluding carboxylic acids is 1. The van der Waals surface area contributed by atoms with E-state index in [1.165, 1.54) is 0 Å². The van der Waals surface area contributed by atoms with Crippen LogP contribution in [-0.2, 0) is 0 Å². The van der Waals surface area contributed by atoms with Crippen molar-refractivity contribution in [3.05, 3.63) is 33.3 Å². The van der Waals surface area contributed by atoms with Crippen LogP contribution in [0.1, 0.15) is 36.0 Å². The van der Waals surface area contributed by atoms with E-state index in [-0.39, 0.29) is 18.1 Å². The highest BCUT2D eigenvalue weighted by Crippen LogP contribution is 2.23. The second kappa shape index (κ2) is 6.04. The van der Waals surface area contributed by atoms with Crippen LogP contribution in [0, 0.1) is 0 Å². The molecule has 0 aliphatic heterocycles. The van der Waals surface area contributed by atoms with Gasteiger partial charge in [0.15, 0.2) is 0 Å². The predicted octanol–water partition coefficient (Wildman–Crippen LogP) is 3.14. The zero-order valence-electron chi connectivity index (χ0n) is 9.83. The predicted molar refractivity (Wildman–Crippen MR) is 74.9 cm³/mol. The molecule has 0 radical (unpaired) electrons. The molecule has 0 bridgehead atoms. The van der Waals surface area contributed by atoms with Crippen molar-refractivity contribution >= 4 is 33.4 Å². The maximum absolute atomic E-state index is 12.1.